The van der Waals surface area contributed by atoms with Gasteiger partial charge in [0.05, 0.1) is 0 Å². The Morgan fingerprint density at radius 1 is 1.06 bits per heavy atom. The molecule has 1 heterocycles. The van der Waals surface area contributed by atoms with E-state index in [1.807, 2.05) is 0 Å². The molecule has 1 aliphatic heterocycles. The van der Waals surface area contributed by atoms with Gasteiger partial charge in [-0.1, -0.05) is 18.2 Å². The molecule has 1 saturated heterocycles. The van der Waals surface area contributed by atoms with Crippen molar-refractivity contribution in [1.29, 1.82) is 0 Å². The van der Waals surface area contributed by atoms with Gasteiger partial charge < -0.3 is 5.32 Å². The van der Waals surface area contributed by atoms with Crippen LogP contribution in [-0.2, 0) is 0 Å². The molecule has 2 bridgehead atoms. The van der Waals surface area contributed by atoms with Crippen LogP contribution in [0.15, 0.2) is 38.0 Å². The molecule has 2 aliphatic rings. The van der Waals surface area contributed by atoms with Crippen LogP contribution in [0.3, 0.4) is 0 Å². The summed E-state index contributed by atoms with van der Waals surface area (Å²) < 4.78 is 0. The Morgan fingerprint density at radius 2 is 1.76 bits per heavy atom. The molecule has 0 aromatic carbocycles. The first-order valence-electron chi connectivity index (χ1n) is 6.83. The van der Waals surface area contributed by atoms with Crippen molar-refractivity contribution in [2.24, 2.45) is 17.3 Å². The van der Waals surface area contributed by atoms with Gasteiger partial charge in [0.1, 0.15) is 0 Å². The van der Waals surface area contributed by atoms with E-state index >= 15 is 0 Å². The molecule has 1 heteroatoms. The summed E-state index contributed by atoms with van der Waals surface area (Å²) in [5.41, 5.74) is 0.387. The maximum Gasteiger partial charge on any atom is 0.00734 e. The lowest BCUT2D eigenvalue weighted by molar-refractivity contribution is 0.0514. The van der Waals surface area contributed by atoms with E-state index in [1.54, 1.807) is 0 Å². The van der Waals surface area contributed by atoms with Crippen LogP contribution in [0.5, 0.6) is 0 Å². The molecule has 3 atom stereocenters. The molecular weight excluding hydrogens is 206 g/mol. The van der Waals surface area contributed by atoms with Crippen LogP contribution in [-0.4, -0.2) is 12.6 Å². The van der Waals surface area contributed by atoms with Crippen molar-refractivity contribution in [1.82, 2.24) is 5.32 Å². The third-order valence-corrected chi connectivity index (χ3v) is 4.92. The van der Waals surface area contributed by atoms with Crippen molar-refractivity contribution in [3.63, 3.8) is 0 Å². The van der Waals surface area contributed by atoms with Gasteiger partial charge >= 0.3 is 0 Å². The third-order valence-electron chi connectivity index (χ3n) is 4.92. The summed E-state index contributed by atoms with van der Waals surface area (Å²) in [6.45, 7) is 13.1. The van der Waals surface area contributed by atoms with Crippen LogP contribution in [0.25, 0.3) is 0 Å². The number of hydrogen-bond donors (Lipinski definition) is 1. The topological polar surface area (TPSA) is 12.0 Å². The van der Waals surface area contributed by atoms with E-state index in [1.165, 1.54) is 19.4 Å². The molecule has 1 N–H and O–H groups in total. The zero-order valence-electron chi connectivity index (χ0n) is 10.8. The Hall–Kier alpha value is -0.820. The Balaban J connectivity index is 2.29. The van der Waals surface area contributed by atoms with Crippen molar-refractivity contribution in [2.45, 2.75) is 38.1 Å². The van der Waals surface area contributed by atoms with E-state index in [4.69, 9.17) is 0 Å². The van der Waals surface area contributed by atoms with Gasteiger partial charge in [0.25, 0.3) is 0 Å². The lowest BCUT2D eigenvalue weighted by Crippen LogP contribution is -2.42. The Kier molecular flexibility index (Phi) is 3.88. The fourth-order valence-electron chi connectivity index (χ4n) is 4.17. The summed E-state index contributed by atoms with van der Waals surface area (Å²) in [4.78, 5) is 0. The van der Waals surface area contributed by atoms with Crippen molar-refractivity contribution in [2.75, 3.05) is 6.54 Å². The highest BCUT2D eigenvalue weighted by Gasteiger charge is 2.50. The standard InChI is InChI=1S/C16H25N/c1-4-7-13-10-15-11-14(12-17-15)16(13,8-5-2)9-6-3/h4-6,13-15,17H,1-3,7-12H2. The summed E-state index contributed by atoms with van der Waals surface area (Å²) in [5, 5.41) is 3.68. The van der Waals surface area contributed by atoms with E-state index in [0.717, 1.165) is 37.1 Å². The zero-order valence-corrected chi connectivity index (χ0v) is 10.8. The number of rotatable bonds is 6. The number of allylic oxidation sites excluding steroid dienone is 3. The van der Waals surface area contributed by atoms with Gasteiger partial charge in [-0.05, 0) is 55.9 Å². The number of nitrogens with one attached hydrogen (secondary N) is 1. The Labute approximate surface area is 106 Å². The molecule has 0 aromatic rings. The van der Waals surface area contributed by atoms with Crippen LogP contribution in [0.4, 0.5) is 0 Å². The predicted octanol–water partition coefficient (Wildman–Crippen LogP) is 3.70. The average Bonchev–Trinajstić information content (AvgIpc) is 2.72. The highest BCUT2D eigenvalue weighted by molar-refractivity contribution is 5.09. The second-order valence-corrected chi connectivity index (χ2v) is 5.71. The van der Waals surface area contributed by atoms with Gasteiger partial charge in [-0.15, -0.1) is 19.7 Å². The smallest absolute Gasteiger partial charge is 0.00734 e. The third kappa shape index (κ3) is 2.13. The van der Waals surface area contributed by atoms with E-state index in [9.17, 15) is 0 Å². The van der Waals surface area contributed by atoms with Gasteiger partial charge in [0.2, 0.25) is 0 Å². The lowest BCUT2D eigenvalue weighted by atomic mass is 9.56. The zero-order chi connectivity index (χ0) is 12.3. The second kappa shape index (κ2) is 5.22. The minimum absolute atomic E-state index is 0.387. The highest BCUT2D eigenvalue weighted by Crippen LogP contribution is 2.54. The van der Waals surface area contributed by atoms with Crippen LogP contribution >= 0.6 is 0 Å². The van der Waals surface area contributed by atoms with Gasteiger partial charge in [0.15, 0.2) is 0 Å². The molecule has 1 saturated carbocycles. The maximum absolute atomic E-state index is 3.98. The molecule has 2 rings (SSSR count). The van der Waals surface area contributed by atoms with Crippen LogP contribution in [0.2, 0.25) is 0 Å². The van der Waals surface area contributed by atoms with Crippen molar-refractivity contribution >= 4 is 0 Å². The Morgan fingerprint density at radius 3 is 2.35 bits per heavy atom. The van der Waals surface area contributed by atoms with E-state index in [-0.39, 0.29) is 0 Å². The monoisotopic (exact) mass is 231 g/mol. The Bertz CT molecular complexity index is 295. The number of hydrogen-bond acceptors (Lipinski definition) is 1. The van der Waals surface area contributed by atoms with Gasteiger partial charge in [-0.3, -0.25) is 0 Å². The average molecular weight is 231 g/mol. The van der Waals surface area contributed by atoms with Crippen LogP contribution < -0.4 is 5.32 Å². The molecule has 2 fully saturated rings. The predicted molar refractivity (Wildman–Crippen MR) is 74.9 cm³/mol. The summed E-state index contributed by atoms with van der Waals surface area (Å²) in [5.74, 6) is 1.54. The van der Waals surface area contributed by atoms with E-state index in [0.29, 0.717) is 5.41 Å². The molecule has 94 valence electrons. The summed E-state index contributed by atoms with van der Waals surface area (Å²) in [6.07, 6.45) is 12.3. The first-order chi connectivity index (χ1) is 8.26. The lowest BCUT2D eigenvalue weighted by Gasteiger charge is -2.47. The summed E-state index contributed by atoms with van der Waals surface area (Å²) >= 11 is 0. The first-order valence-corrected chi connectivity index (χ1v) is 6.83. The van der Waals surface area contributed by atoms with Crippen molar-refractivity contribution < 1.29 is 0 Å². The van der Waals surface area contributed by atoms with Crippen LogP contribution in [0.1, 0.15) is 32.1 Å². The molecule has 3 unspecified atom stereocenters. The maximum atomic E-state index is 3.98. The molecule has 1 nitrogen and oxygen atoms in total. The van der Waals surface area contributed by atoms with E-state index < -0.39 is 0 Å². The molecule has 0 spiro atoms. The molecular formula is C16H25N. The first kappa shape index (κ1) is 12.6. The fourth-order valence-corrected chi connectivity index (χ4v) is 4.17. The summed E-state index contributed by atoms with van der Waals surface area (Å²) in [7, 11) is 0. The van der Waals surface area contributed by atoms with Crippen LogP contribution in [0, 0.1) is 17.3 Å². The van der Waals surface area contributed by atoms with Gasteiger partial charge in [0, 0.05) is 6.04 Å². The van der Waals surface area contributed by atoms with Gasteiger partial charge in [-0.2, -0.15) is 0 Å². The fraction of sp³-hybridized carbons (Fsp3) is 0.625. The minimum atomic E-state index is 0.387. The quantitative estimate of drug-likeness (QED) is 0.687. The van der Waals surface area contributed by atoms with Crippen molar-refractivity contribution in [3.05, 3.63) is 38.0 Å². The molecule has 1 aliphatic carbocycles. The molecule has 0 amide bonds. The summed E-state index contributed by atoms with van der Waals surface area (Å²) in [6, 6.07) is 0.743. The molecule has 0 aromatic heterocycles. The minimum Gasteiger partial charge on any atom is -0.314 e. The highest BCUT2D eigenvalue weighted by atomic mass is 15.0. The molecule has 0 radical (unpaired) electrons. The molecule has 17 heavy (non-hydrogen) atoms. The number of fused-ring (bicyclic) bond motifs is 2. The second-order valence-electron chi connectivity index (χ2n) is 5.71. The largest absolute Gasteiger partial charge is 0.314 e. The van der Waals surface area contributed by atoms with E-state index in [2.05, 4.69) is 43.3 Å². The SMILES string of the molecule is C=CCC1CC2CC(CN2)C1(CC=C)CC=C. The van der Waals surface area contributed by atoms with Gasteiger partial charge in [-0.25, -0.2) is 0 Å². The normalized spacial score (nSPS) is 34.2. The van der Waals surface area contributed by atoms with Crippen molar-refractivity contribution in [3.8, 4) is 0 Å².